The van der Waals surface area contributed by atoms with E-state index in [2.05, 4.69) is 26.6 Å². The smallest absolute Gasteiger partial charge is 0.291 e. The van der Waals surface area contributed by atoms with Crippen molar-refractivity contribution in [2.24, 2.45) is 0 Å². The lowest BCUT2D eigenvalue weighted by molar-refractivity contribution is -0.117. The van der Waals surface area contributed by atoms with Gasteiger partial charge in [-0.05, 0) is 57.4 Å². The van der Waals surface area contributed by atoms with Crippen LogP contribution in [0.4, 0.5) is 0 Å². The zero-order valence-corrected chi connectivity index (χ0v) is 17.3. The number of carbonyl (C=O) groups excluding carboxylic acids is 2. The van der Waals surface area contributed by atoms with Crippen molar-refractivity contribution in [1.82, 2.24) is 10.6 Å². The highest BCUT2D eigenvalue weighted by atomic mass is 79.9. The molecule has 2 heterocycles. The van der Waals surface area contributed by atoms with Gasteiger partial charge in [-0.2, -0.15) is 0 Å². The number of carbonyl (C=O) groups is 2. The van der Waals surface area contributed by atoms with Gasteiger partial charge in [-0.1, -0.05) is 36.4 Å². The summed E-state index contributed by atoms with van der Waals surface area (Å²) in [7, 11) is 0. The molecule has 30 heavy (non-hydrogen) atoms. The van der Waals surface area contributed by atoms with E-state index in [0.717, 1.165) is 5.56 Å². The van der Waals surface area contributed by atoms with Gasteiger partial charge >= 0.3 is 0 Å². The standard InChI is InChI=1S/C22H17BrN2O5/c23-20-9-8-18(30-20)22(27)25-16(21(26)24-12-14-4-2-1-3-5-14)10-15-6-7-17-19(11-15)29-13-28-17/h1-11H,12-13H2,(H,24,26)(H,25,27)/b16-10-. The van der Waals surface area contributed by atoms with Crippen LogP contribution in [0, 0.1) is 0 Å². The van der Waals surface area contributed by atoms with Gasteiger partial charge in [0.25, 0.3) is 11.8 Å². The van der Waals surface area contributed by atoms with Crippen LogP contribution in [0.25, 0.3) is 6.08 Å². The molecule has 0 fully saturated rings. The molecule has 0 aliphatic carbocycles. The minimum atomic E-state index is -0.539. The third-order valence-electron chi connectivity index (χ3n) is 4.29. The van der Waals surface area contributed by atoms with E-state index in [1.54, 1.807) is 30.3 Å². The van der Waals surface area contributed by atoms with Gasteiger partial charge < -0.3 is 24.5 Å². The van der Waals surface area contributed by atoms with Gasteiger partial charge in [0.2, 0.25) is 6.79 Å². The number of hydrogen-bond acceptors (Lipinski definition) is 5. The van der Waals surface area contributed by atoms with Crippen LogP contribution >= 0.6 is 15.9 Å². The van der Waals surface area contributed by atoms with Gasteiger partial charge in [0.1, 0.15) is 5.70 Å². The number of nitrogens with one attached hydrogen (secondary N) is 2. The number of benzene rings is 2. The van der Waals surface area contributed by atoms with E-state index in [1.807, 2.05) is 30.3 Å². The summed E-state index contributed by atoms with van der Waals surface area (Å²) in [5.74, 6) is 0.313. The van der Waals surface area contributed by atoms with Crippen LogP contribution in [0.15, 0.2) is 75.4 Å². The van der Waals surface area contributed by atoms with E-state index in [9.17, 15) is 9.59 Å². The van der Waals surface area contributed by atoms with Crippen LogP contribution in [-0.2, 0) is 11.3 Å². The first kappa shape index (κ1) is 19.8. The number of rotatable bonds is 6. The molecule has 0 bridgehead atoms. The Morgan fingerprint density at radius 2 is 1.80 bits per heavy atom. The summed E-state index contributed by atoms with van der Waals surface area (Å²) in [6.07, 6.45) is 1.57. The lowest BCUT2D eigenvalue weighted by Crippen LogP contribution is -2.34. The van der Waals surface area contributed by atoms with Crippen LogP contribution in [-0.4, -0.2) is 18.6 Å². The van der Waals surface area contributed by atoms with E-state index < -0.39 is 11.8 Å². The molecule has 152 valence electrons. The molecule has 2 N–H and O–H groups in total. The molecule has 1 aliphatic rings. The summed E-state index contributed by atoms with van der Waals surface area (Å²) in [6, 6.07) is 17.9. The number of fused-ring (bicyclic) bond motifs is 1. The first-order chi connectivity index (χ1) is 14.6. The second kappa shape index (κ2) is 8.87. The lowest BCUT2D eigenvalue weighted by Gasteiger charge is -2.11. The summed E-state index contributed by atoms with van der Waals surface area (Å²) in [5, 5.41) is 5.44. The fraction of sp³-hybridized carbons (Fsp3) is 0.0909. The van der Waals surface area contributed by atoms with Crippen molar-refractivity contribution in [3.63, 3.8) is 0 Å². The molecule has 1 aliphatic heterocycles. The zero-order chi connectivity index (χ0) is 20.9. The Morgan fingerprint density at radius 3 is 2.57 bits per heavy atom. The molecular formula is C22H17BrN2O5. The Labute approximate surface area is 180 Å². The Bertz CT molecular complexity index is 1110. The highest BCUT2D eigenvalue weighted by molar-refractivity contribution is 9.10. The lowest BCUT2D eigenvalue weighted by atomic mass is 10.1. The Kier molecular flexibility index (Phi) is 5.85. The molecule has 2 aromatic carbocycles. The van der Waals surface area contributed by atoms with Crippen molar-refractivity contribution in [3.8, 4) is 11.5 Å². The maximum absolute atomic E-state index is 12.8. The van der Waals surface area contributed by atoms with Gasteiger partial charge in [-0.15, -0.1) is 0 Å². The van der Waals surface area contributed by atoms with Crippen molar-refractivity contribution in [2.45, 2.75) is 6.54 Å². The van der Waals surface area contributed by atoms with Gasteiger partial charge in [-0.25, -0.2) is 0 Å². The molecule has 3 aromatic rings. The molecule has 0 radical (unpaired) electrons. The van der Waals surface area contributed by atoms with Crippen LogP contribution in [0.1, 0.15) is 21.7 Å². The summed E-state index contributed by atoms with van der Waals surface area (Å²) < 4.78 is 16.4. The molecule has 1 aromatic heterocycles. The van der Waals surface area contributed by atoms with E-state index in [4.69, 9.17) is 13.9 Å². The minimum absolute atomic E-state index is 0.0716. The van der Waals surface area contributed by atoms with Crippen LogP contribution in [0.5, 0.6) is 11.5 Å². The second-order valence-electron chi connectivity index (χ2n) is 6.40. The van der Waals surface area contributed by atoms with Crippen molar-refractivity contribution in [2.75, 3.05) is 6.79 Å². The summed E-state index contributed by atoms with van der Waals surface area (Å²) in [6.45, 7) is 0.470. The van der Waals surface area contributed by atoms with Crippen LogP contribution < -0.4 is 20.1 Å². The summed E-state index contributed by atoms with van der Waals surface area (Å²) >= 11 is 3.16. The maximum atomic E-state index is 12.8. The average Bonchev–Trinajstić information content (AvgIpc) is 3.40. The SMILES string of the molecule is O=C(NCc1ccccc1)/C(=C/c1ccc2c(c1)OCO2)NC(=O)c1ccc(Br)o1. The minimum Gasteiger partial charge on any atom is -0.454 e. The third-order valence-corrected chi connectivity index (χ3v) is 4.72. The molecule has 0 saturated heterocycles. The van der Waals surface area contributed by atoms with Gasteiger partial charge in [0.05, 0.1) is 0 Å². The van der Waals surface area contributed by atoms with Crippen molar-refractivity contribution in [3.05, 3.63) is 87.9 Å². The van der Waals surface area contributed by atoms with Gasteiger partial charge in [0, 0.05) is 6.54 Å². The number of halogens is 1. The van der Waals surface area contributed by atoms with E-state index >= 15 is 0 Å². The number of furan rings is 1. The molecule has 0 unspecified atom stereocenters. The predicted molar refractivity (Wildman–Crippen MR) is 113 cm³/mol. The molecule has 8 heteroatoms. The molecular weight excluding hydrogens is 452 g/mol. The molecule has 4 rings (SSSR count). The number of amides is 2. The fourth-order valence-electron chi connectivity index (χ4n) is 2.82. The van der Waals surface area contributed by atoms with Crippen LogP contribution in [0.3, 0.4) is 0 Å². The van der Waals surface area contributed by atoms with Crippen molar-refractivity contribution in [1.29, 1.82) is 0 Å². The monoisotopic (exact) mass is 468 g/mol. The highest BCUT2D eigenvalue weighted by Gasteiger charge is 2.18. The number of hydrogen-bond donors (Lipinski definition) is 2. The second-order valence-corrected chi connectivity index (χ2v) is 7.18. The van der Waals surface area contributed by atoms with E-state index in [0.29, 0.717) is 28.3 Å². The Morgan fingerprint density at radius 1 is 1.00 bits per heavy atom. The predicted octanol–water partition coefficient (Wildman–Crippen LogP) is 3.86. The van der Waals surface area contributed by atoms with Crippen LogP contribution in [0.2, 0.25) is 0 Å². The molecule has 2 amide bonds. The topological polar surface area (TPSA) is 89.8 Å². The largest absolute Gasteiger partial charge is 0.454 e. The molecule has 7 nitrogen and oxygen atoms in total. The third kappa shape index (κ3) is 4.72. The van der Waals surface area contributed by atoms with Crippen molar-refractivity contribution < 1.29 is 23.5 Å². The normalized spacial score (nSPS) is 12.5. The molecule has 0 saturated carbocycles. The van der Waals surface area contributed by atoms with Crippen molar-refractivity contribution >= 4 is 33.8 Å². The van der Waals surface area contributed by atoms with Gasteiger partial charge in [0.15, 0.2) is 21.9 Å². The van der Waals surface area contributed by atoms with Gasteiger partial charge in [-0.3, -0.25) is 9.59 Å². The Hall–Kier alpha value is -3.52. The zero-order valence-electron chi connectivity index (χ0n) is 15.7. The molecule has 0 spiro atoms. The maximum Gasteiger partial charge on any atom is 0.291 e. The first-order valence-electron chi connectivity index (χ1n) is 9.08. The van der Waals surface area contributed by atoms with E-state index in [1.165, 1.54) is 6.07 Å². The highest BCUT2D eigenvalue weighted by Crippen LogP contribution is 2.33. The summed E-state index contributed by atoms with van der Waals surface area (Å²) in [4.78, 5) is 25.4. The quantitative estimate of drug-likeness (QED) is 0.536. The summed E-state index contributed by atoms with van der Waals surface area (Å²) in [5.41, 5.74) is 1.68. The average molecular weight is 469 g/mol. The number of ether oxygens (including phenoxy) is 2. The Balaban J connectivity index is 1.56. The van der Waals surface area contributed by atoms with E-state index in [-0.39, 0.29) is 18.3 Å². The molecule has 0 atom stereocenters. The fourth-order valence-corrected chi connectivity index (χ4v) is 3.13. The first-order valence-corrected chi connectivity index (χ1v) is 9.88.